The molecule has 0 fully saturated rings. The van der Waals surface area contributed by atoms with Gasteiger partial charge in [0.05, 0.1) is 5.56 Å². The molecule has 0 heterocycles. The molecule has 0 radical (unpaired) electrons. The third-order valence-corrected chi connectivity index (χ3v) is 2.32. The molecule has 1 aromatic carbocycles. The Balaban J connectivity index is 3.41. The zero-order valence-corrected chi connectivity index (χ0v) is 10.4. The SMILES string of the molecule is CC(=O)Oc1cc(C=O)c(O)cc1C(C)(C)C. The molecule has 0 atom stereocenters. The lowest BCUT2D eigenvalue weighted by atomic mass is 9.85. The van der Waals surface area contributed by atoms with Crippen LogP contribution >= 0.6 is 0 Å². The standard InChI is InChI=1S/C13H16O4/c1-8(15)17-12-5-9(7-14)11(16)6-10(12)13(2,3)4/h5-7,16H,1-4H3. The fourth-order valence-electron chi connectivity index (χ4n) is 1.50. The number of aldehydes is 1. The Hall–Kier alpha value is -1.84. The first-order chi connectivity index (χ1) is 7.75. The largest absolute Gasteiger partial charge is 0.507 e. The number of carbonyl (C=O) groups is 2. The predicted octanol–water partition coefficient (Wildman–Crippen LogP) is 2.43. The molecule has 0 aliphatic heterocycles. The lowest BCUT2D eigenvalue weighted by Gasteiger charge is -2.22. The first-order valence-corrected chi connectivity index (χ1v) is 5.27. The Morgan fingerprint density at radius 3 is 2.35 bits per heavy atom. The van der Waals surface area contributed by atoms with Gasteiger partial charge in [0.2, 0.25) is 0 Å². The summed E-state index contributed by atoms with van der Waals surface area (Å²) in [4.78, 5) is 21.7. The molecule has 4 nitrogen and oxygen atoms in total. The van der Waals surface area contributed by atoms with E-state index in [2.05, 4.69) is 0 Å². The van der Waals surface area contributed by atoms with Crippen molar-refractivity contribution in [2.45, 2.75) is 33.1 Å². The number of rotatable bonds is 2. The van der Waals surface area contributed by atoms with Gasteiger partial charge in [-0.1, -0.05) is 20.8 Å². The van der Waals surface area contributed by atoms with E-state index >= 15 is 0 Å². The van der Waals surface area contributed by atoms with E-state index in [1.54, 1.807) is 0 Å². The number of phenolic OH excluding ortho intramolecular Hbond substituents is 1. The van der Waals surface area contributed by atoms with Crippen LogP contribution in [-0.4, -0.2) is 17.4 Å². The maximum absolute atomic E-state index is 11.0. The minimum absolute atomic E-state index is 0.106. The smallest absolute Gasteiger partial charge is 0.308 e. The maximum atomic E-state index is 11.0. The summed E-state index contributed by atoms with van der Waals surface area (Å²) in [5.41, 5.74) is 0.481. The highest BCUT2D eigenvalue weighted by Crippen LogP contribution is 2.35. The van der Waals surface area contributed by atoms with Crippen LogP contribution < -0.4 is 4.74 Å². The Bertz CT molecular complexity index is 455. The Labute approximate surface area is 100 Å². The Morgan fingerprint density at radius 1 is 1.35 bits per heavy atom. The predicted molar refractivity (Wildman–Crippen MR) is 63.5 cm³/mol. The molecule has 0 spiro atoms. The van der Waals surface area contributed by atoms with Gasteiger partial charge in [0.1, 0.15) is 11.5 Å². The summed E-state index contributed by atoms with van der Waals surface area (Å²) in [6.07, 6.45) is 0.523. The number of hydrogen-bond donors (Lipinski definition) is 1. The lowest BCUT2D eigenvalue weighted by Crippen LogP contribution is -2.15. The normalized spacial score (nSPS) is 11.1. The van der Waals surface area contributed by atoms with E-state index in [1.165, 1.54) is 19.1 Å². The third kappa shape index (κ3) is 3.06. The van der Waals surface area contributed by atoms with Crippen LogP contribution in [0.2, 0.25) is 0 Å². The van der Waals surface area contributed by atoms with Gasteiger partial charge < -0.3 is 9.84 Å². The lowest BCUT2D eigenvalue weighted by molar-refractivity contribution is -0.131. The molecule has 0 aliphatic carbocycles. The highest BCUT2D eigenvalue weighted by atomic mass is 16.5. The average molecular weight is 236 g/mol. The van der Waals surface area contributed by atoms with E-state index in [1.807, 2.05) is 20.8 Å². The molecule has 17 heavy (non-hydrogen) atoms. The molecule has 0 amide bonds. The maximum Gasteiger partial charge on any atom is 0.308 e. The van der Waals surface area contributed by atoms with E-state index in [9.17, 15) is 14.7 Å². The second-order valence-corrected chi connectivity index (χ2v) is 4.87. The molecule has 0 saturated carbocycles. The summed E-state index contributed by atoms with van der Waals surface area (Å²) >= 11 is 0. The summed E-state index contributed by atoms with van der Waals surface area (Å²) in [6.45, 7) is 7.07. The average Bonchev–Trinajstić information content (AvgIpc) is 2.17. The van der Waals surface area contributed by atoms with Crippen molar-refractivity contribution in [3.05, 3.63) is 23.3 Å². The van der Waals surface area contributed by atoms with Gasteiger partial charge in [-0.05, 0) is 17.5 Å². The monoisotopic (exact) mass is 236 g/mol. The minimum Gasteiger partial charge on any atom is -0.507 e. The number of hydrogen-bond acceptors (Lipinski definition) is 4. The van der Waals surface area contributed by atoms with Gasteiger partial charge in [-0.25, -0.2) is 0 Å². The highest BCUT2D eigenvalue weighted by molar-refractivity contribution is 5.81. The molecule has 1 N–H and O–H groups in total. The fraction of sp³-hybridized carbons (Fsp3) is 0.385. The molecule has 0 bridgehead atoms. The fourth-order valence-corrected chi connectivity index (χ4v) is 1.50. The summed E-state index contributed by atoms with van der Waals surface area (Å²) in [5, 5.41) is 9.64. The van der Waals surface area contributed by atoms with Crippen molar-refractivity contribution in [3.63, 3.8) is 0 Å². The van der Waals surface area contributed by atoms with Gasteiger partial charge in [-0.2, -0.15) is 0 Å². The van der Waals surface area contributed by atoms with Gasteiger partial charge in [-0.3, -0.25) is 9.59 Å². The quantitative estimate of drug-likeness (QED) is 0.486. The van der Waals surface area contributed by atoms with Crippen molar-refractivity contribution < 1.29 is 19.4 Å². The van der Waals surface area contributed by atoms with Crippen molar-refractivity contribution in [1.82, 2.24) is 0 Å². The van der Waals surface area contributed by atoms with E-state index < -0.39 is 5.97 Å². The van der Waals surface area contributed by atoms with E-state index in [-0.39, 0.29) is 16.7 Å². The molecule has 92 valence electrons. The molecular weight excluding hydrogens is 220 g/mol. The number of aromatic hydroxyl groups is 1. The topological polar surface area (TPSA) is 63.6 Å². The molecular formula is C13H16O4. The van der Waals surface area contributed by atoms with Crippen LogP contribution in [0.15, 0.2) is 12.1 Å². The van der Waals surface area contributed by atoms with Crippen molar-refractivity contribution in [3.8, 4) is 11.5 Å². The summed E-state index contributed by atoms with van der Waals surface area (Å²) in [5.74, 6) is -0.260. The molecule has 0 aliphatic rings. The number of benzene rings is 1. The Kier molecular flexibility index (Phi) is 3.56. The molecule has 0 unspecified atom stereocenters. The van der Waals surface area contributed by atoms with Crippen LogP contribution in [0.1, 0.15) is 43.6 Å². The Morgan fingerprint density at radius 2 is 1.94 bits per heavy atom. The van der Waals surface area contributed by atoms with E-state index in [4.69, 9.17) is 4.74 Å². The van der Waals surface area contributed by atoms with Crippen LogP contribution in [0.25, 0.3) is 0 Å². The van der Waals surface area contributed by atoms with Crippen molar-refractivity contribution in [1.29, 1.82) is 0 Å². The number of ether oxygens (including phenoxy) is 1. The zero-order valence-electron chi connectivity index (χ0n) is 10.4. The van der Waals surface area contributed by atoms with Gasteiger partial charge in [0.15, 0.2) is 6.29 Å². The molecule has 1 rings (SSSR count). The van der Waals surface area contributed by atoms with Crippen molar-refractivity contribution in [2.24, 2.45) is 0 Å². The van der Waals surface area contributed by atoms with Crippen LogP contribution in [-0.2, 0) is 10.2 Å². The summed E-state index contributed by atoms with van der Waals surface area (Å²) in [6, 6.07) is 2.84. The van der Waals surface area contributed by atoms with Crippen LogP contribution in [0, 0.1) is 0 Å². The van der Waals surface area contributed by atoms with E-state index in [0.717, 1.165) is 0 Å². The molecule has 0 aromatic heterocycles. The number of phenols is 1. The first-order valence-electron chi connectivity index (χ1n) is 5.27. The second kappa shape index (κ2) is 4.57. The first kappa shape index (κ1) is 13.2. The van der Waals surface area contributed by atoms with Gasteiger partial charge in [0, 0.05) is 12.5 Å². The third-order valence-electron chi connectivity index (χ3n) is 2.32. The minimum atomic E-state index is -0.460. The molecule has 1 aromatic rings. The van der Waals surface area contributed by atoms with Gasteiger partial charge >= 0.3 is 5.97 Å². The van der Waals surface area contributed by atoms with Crippen LogP contribution in [0.3, 0.4) is 0 Å². The van der Waals surface area contributed by atoms with Gasteiger partial charge in [0.25, 0.3) is 0 Å². The van der Waals surface area contributed by atoms with E-state index in [0.29, 0.717) is 17.6 Å². The molecule has 4 heteroatoms. The summed E-state index contributed by atoms with van der Waals surface area (Å²) < 4.78 is 5.06. The van der Waals surface area contributed by atoms with Crippen molar-refractivity contribution >= 4 is 12.3 Å². The van der Waals surface area contributed by atoms with Crippen molar-refractivity contribution in [2.75, 3.05) is 0 Å². The number of carbonyl (C=O) groups excluding carboxylic acids is 2. The van der Waals surface area contributed by atoms with Gasteiger partial charge in [-0.15, -0.1) is 0 Å². The van der Waals surface area contributed by atoms with Crippen LogP contribution in [0.4, 0.5) is 0 Å². The molecule has 0 saturated heterocycles. The summed E-state index contributed by atoms with van der Waals surface area (Å²) in [7, 11) is 0. The zero-order chi connectivity index (χ0) is 13.2. The number of esters is 1. The highest BCUT2D eigenvalue weighted by Gasteiger charge is 2.22. The second-order valence-electron chi connectivity index (χ2n) is 4.87. The van der Waals surface area contributed by atoms with Crippen LogP contribution in [0.5, 0.6) is 11.5 Å².